The molecule has 0 unspecified atom stereocenters. The lowest BCUT2D eigenvalue weighted by Gasteiger charge is -2.42. The smallest absolute Gasteiger partial charge is 0.435 e. The standard InChI is InChI=1S/C15H38O6Si4/c1-11-17-15(16)18-13-12-14-25(19-22(2,3)4,20-23(5,6)7)21-24(8,9)10/h11-14H2,1-10H3. The molecule has 0 aliphatic carbocycles. The van der Waals surface area contributed by atoms with E-state index in [0.29, 0.717) is 19.1 Å². The molecule has 0 aromatic carbocycles. The van der Waals surface area contributed by atoms with Gasteiger partial charge in [-0.1, -0.05) is 0 Å². The Hall–Kier alpha value is 0.0175. The fourth-order valence-electron chi connectivity index (χ4n) is 2.22. The first kappa shape index (κ1) is 25.0. The molecule has 10 heteroatoms. The minimum atomic E-state index is -2.84. The zero-order valence-corrected chi connectivity index (χ0v) is 21.8. The van der Waals surface area contributed by atoms with Crippen molar-refractivity contribution < 1.29 is 26.6 Å². The molecular weight excluding hydrogens is 389 g/mol. The normalized spacial score (nSPS) is 13.7. The molecule has 25 heavy (non-hydrogen) atoms. The van der Waals surface area contributed by atoms with Crippen LogP contribution >= 0.6 is 0 Å². The lowest BCUT2D eigenvalue weighted by atomic mass is 10.5. The fourth-order valence-corrected chi connectivity index (χ4v) is 16.8. The van der Waals surface area contributed by atoms with E-state index in [1.807, 2.05) is 0 Å². The van der Waals surface area contributed by atoms with Crippen molar-refractivity contribution >= 4 is 39.9 Å². The molecule has 0 aliphatic rings. The second-order valence-corrected chi connectivity index (χ2v) is 26.0. The first-order valence-corrected chi connectivity index (χ1v) is 21.1. The number of rotatable bonds is 11. The quantitative estimate of drug-likeness (QED) is 0.262. The van der Waals surface area contributed by atoms with E-state index in [4.69, 9.17) is 21.8 Å². The summed E-state index contributed by atoms with van der Waals surface area (Å²) in [6.45, 7) is 21.8. The van der Waals surface area contributed by atoms with Crippen LogP contribution in [0, 0.1) is 0 Å². The van der Waals surface area contributed by atoms with Crippen LogP contribution in [-0.4, -0.2) is 53.1 Å². The summed E-state index contributed by atoms with van der Waals surface area (Å²) in [5, 5.41) is 0. The van der Waals surface area contributed by atoms with Gasteiger partial charge in [-0.05, 0) is 72.3 Å². The van der Waals surface area contributed by atoms with Crippen molar-refractivity contribution in [1.29, 1.82) is 0 Å². The van der Waals surface area contributed by atoms with Crippen molar-refractivity contribution in [3.63, 3.8) is 0 Å². The zero-order chi connectivity index (χ0) is 19.9. The van der Waals surface area contributed by atoms with Gasteiger partial charge in [-0.15, -0.1) is 0 Å². The highest BCUT2D eigenvalue weighted by Crippen LogP contribution is 2.29. The van der Waals surface area contributed by atoms with E-state index in [1.54, 1.807) is 6.92 Å². The Morgan fingerprint density at radius 2 is 1.12 bits per heavy atom. The Morgan fingerprint density at radius 1 is 0.720 bits per heavy atom. The Kier molecular flexibility index (Phi) is 9.82. The van der Waals surface area contributed by atoms with E-state index < -0.39 is 39.9 Å². The number of ether oxygens (including phenoxy) is 2. The van der Waals surface area contributed by atoms with Crippen LogP contribution in [0.4, 0.5) is 4.79 Å². The second-order valence-electron chi connectivity index (χ2n) is 8.96. The molecule has 0 saturated carbocycles. The maximum atomic E-state index is 11.3. The molecule has 0 amide bonds. The molecule has 0 aliphatic heterocycles. The molecular formula is C15H38O6Si4. The maximum absolute atomic E-state index is 11.3. The van der Waals surface area contributed by atoms with Gasteiger partial charge in [0, 0.05) is 6.04 Å². The Labute approximate surface area is 158 Å². The molecule has 0 rings (SSSR count). The first-order chi connectivity index (χ1) is 11.1. The molecule has 6 nitrogen and oxygen atoms in total. The van der Waals surface area contributed by atoms with Gasteiger partial charge in [0.25, 0.3) is 0 Å². The van der Waals surface area contributed by atoms with Gasteiger partial charge < -0.3 is 21.8 Å². The van der Waals surface area contributed by atoms with Crippen LogP contribution in [0.5, 0.6) is 0 Å². The summed E-state index contributed by atoms with van der Waals surface area (Å²) in [5.41, 5.74) is 0. The SMILES string of the molecule is CCOC(=O)OCCC[Si](O[Si](C)(C)C)(O[Si](C)(C)C)O[Si](C)(C)C. The van der Waals surface area contributed by atoms with Crippen molar-refractivity contribution in [1.82, 2.24) is 0 Å². The summed E-state index contributed by atoms with van der Waals surface area (Å²) in [7, 11) is -8.43. The first-order valence-electron chi connectivity index (χ1n) is 8.98. The van der Waals surface area contributed by atoms with Crippen molar-refractivity contribution in [2.45, 2.75) is 78.3 Å². The van der Waals surface area contributed by atoms with E-state index in [0.717, 1.165) is 0 Å². The molecule has 0 saturated heterocycles. The van der Waals surface area contributed by atoms with Gasteiger partial charge in [0.1, 0.15) is 0 Å². The third-order valence-electron chi connectivity index (χ3n) is 2.49. The van der Waals surface area contributed by atoms with Crippen LogP contribution in [0.15, 0.2) is 0 Å². The average molecular weight is 427 g/mol. The Morgan fingerprint density at radius 3 is 1.44 bits per heavy atom. The van der Waals surface area contributed by atoms with Gasteiger partial charge in [0.2, 0.25) is 0 Å². The van der Waals surface area contributed by atoms with Crippen molar-refractivity contribution in [2.75, 3.05) is 13.2 Å². The molecule has 0 atom stereocenters. The molecule has 0 aromatic heterocycles. The molecule has 0 fully saturated rings. The van der Waals surface area contributed by atoms with Crippen LogP contribution in [0.2, 0.25) is 65.0 Å². The number of carbonyl (C=O) groups is 1. The number of hydrogen-bond donors (Lipinski definition) is 0. The molecule has 0 radical (unpaired) electrons. The van der Waals surface area contributed by atoms with Crippen molar-refractivity contribution in [3.05, 3.63) is 0 Å². The molecule has 0 aromatic rings. The summed E-state index contributed by atoms with van der Waals surface area (Å²) in [6, 6.07) is 0.658. The minimum Gasteiger partial charge on any atom is -0.435 e. The summed E-state index contributed by atoms with van der Waals surface area (Å²) in [5.74, 6) is 0. The third-order valence-corrected chi connectivity index (χ3v) is 14.5. The molecule has 0 heterocycles. The third kappa shape index (κ3) is 13.8. The van der Waals surface area contributed by atoms with Crippen LogP contribution in [-0.2, 0) is 21.8 Å². The lowest BCUT2D eigenvalue weighted by Crippen LogP contribution is -2.60. The van der Waals surface area contributed by atoms with E-state index in [1.165, 1.54) is 0 Å². The Balaban J connectivity index is 5.20. The predicted octanol–water partition coefficient (Wildman–Crippen LogP) is 5.04. The summed E-state index contributed by atoms with van der Waals surface area (Å²) in [4.78, 5) is 11.3. The second kappa shape index (κ2) is 9.81. The summed E-state index contributed by atoms with van der Waals surface area (Å²) in [6.07, 6.45) is 0.0166. The Bertz CT molecular complexity index is 371. The monoisotopic (exact) mass is 426 g/mol. The van der Waals surface area contributed by atoms with E-state index >= 15 is 0 Å². The summed E-state index contributed by atoms with van der Waals surface area (Å²) < 4.78 is 29.6. The lowest BCUT2D eigenvalue weighted by molar-refractivity contribution is 0.0583. The van der Waals surface area contributed by atoms with Crippen molar-refractivity contribution in [3.8, 4) is 0 Å². The van der Waals surface area contributed by atoms with Gasteiger partial charge in [-0.2, -0.15) is 0 Å². The number of carbonyl (C=O) groups excluding carboxylic acids is 1. The largest absolute Gasteiger partial charge is 0.508 e. The van der Waals surface area contributed by atoms with Crippen LogP contribution in [0.1, 0.15) is 13.3 Å². The average Bonchev–Trinajstić information content (AvgIpc) is 2.28. The van der Waals surface area contributed by atoms with E-state index in [-0.39, 0.29) is 6.61 Å². The van der Waals surface area contributed by atoms with Gasteiger partial charge in [0.05, 0.1) is 13.2 Å². The minimum absolute atomic E-state index is 0.284. The zero-order valence-electron chi connectivity index (χ0n) is 17.8. The van der Waals surface area contributed by atoms with Gasteiger partial charge >= 0.3 is 15.0 Å². The highest BCUT2D eigenvalue weighted by atomic mass is 28.5. The highest BCUT2D eigenvalue weighted by molar-refractivity contribution is 6.90. The topological polar surface area (TPSA) is 63.2 Å². The summed E-state index contributed by atoms with van der Waals surface area (Å²) >= 11 is 0. The molecule has 150 valence electrons. The van der Waals surface area contributed by atoms with Crippen LogP contribution < -0.4 is 0 Å². The van der Waals surface area contributed by atoms with Crippen molar-refractivity contribution in [2.24, 2.45) is 0 Å². The molecule has 0 bridgehead atoms. The number of hydrogen-bond acceptors (Lipinski definition) is 6. The molecule has 0 N–H and O–H groups in total. The highest BCUT2D eigenvalue weighted by Gasteiger charge is 2.49. The van der Waals surface area contributed by atoms with Gasteiger partial charge in [-0.25, -0.2) is 4.79 Å². The van der Waals surface area contributed by atoms with E-state index in [9.17, 15) is 4.79 Å². The van der Waals surface area contributed by atoms with Crippen LogP contribution in [0.3, 0.4) is 0 Å². The predicted molar refractivity (Wildman–Crippen MR) is 111 cm³/mol. The fraction of sp³-hybridized carbons (Fsp3) is 0.933. The maximum Gasteiger partial charge on any atom is 0.508 e. The van der Waals surface area contributed by atoms with Gasteiger partial charge in [0.15, 0.2) is 25.0 Å². The molecule has 0 spiro atoms. The van der Waals surface area contributed by atoms with Crippen LogP contribution in [0.25, 0.3) is 0 Å². The van der Waals surface area contributed by atoms with E-state index in [2.05, 4.69) is 58.9 Å². The van der Waals surface area contributed by atoms with Gasteiger partial charge in [-0.3, -0.25) is 0 Å².